The second kappa shape index (κ2) is 6.73. The fourth-order valence-electron chi connectivity index (χ4n) is 3.01. The molecule has 1 amide bonds. The quantitative estimate of drug-likeness (QED) is 0.874. The van der Waals surface area contributed by atoms with Gasteiger partial charge >= 0.3 is 0 Å². The van der Waals surface area contributed by atoms with Crippen LogP contribution in [0.25, 0.3) is 0 Å². The van der Waals surface area contributed by atoms with Crippen LogP contribution in [-0.2, 0) is 11.3 Å². The van der Waals surface area contributed by atoms with Crippen molar-refractivity contribution in [2.24, 2.45) is 0 Å². The van der Waals surface area contributed by atoms with E-state index in [9.17, 15) is 9.18 Å². The van der Waals surface area contributed by atoms with Gasteiger partial charge in [0.05, 0.1) is 0 Å². The summed E-state index contributed by atoms with van der Waals surface area (Å²) in [5.74, 6) is 0.159. The normalized spacial score (nSPS) is 19.0. The lowest BCUT2D eigenvalue weighted by Crippen LogP contribution is -2.36. The number of carbonyl (C=O) groups excluding carboxylic acids is 1. The molecule has 1 saturated heterocycles. The van der Waals surface area contributed by atoms with Crippen molar-refractivity contribution in [3.05, 3.63) is 54.1 Å². The standard InChI is InChI=1S/C17H20FN3O/c18-16-7-5-14(6-8-16)15-4-1-2-10-20(12-15)17(22)13-21-11-3-9-19-21/h3,5-9,11,15H,1-2,4,10,12-13H2. The third-order valence-electron chi connectivity index (χ3n) is 4.22. The number of likely N-dealkylation sites (tertiary alicyclic amines) is 1. The molecule has 5 heteroatoms. The summed E-state index contributed by atoms with van der Waals surface area (Å²) in [5.41, 5.74) is 1.11. The van der Waals surface area contributed by atoms with E-state index in [2.05, 4.69) is 5.10 Å². The van der Waals surface area contributed by atoms with Crippen molar-refractivity contribution in [3.63, 3.8) is 0 Å². The van der Waals surface area contributed by atoms with Crippen molar-refractivity contribution in [2.75, 3.05) is 13.1 Å². The van der Waals surface area contributed by atoms with Crippen molar-refractivity contribution < 1.29 is 9.18 Å². The van der Waals surface area contributed by atoms with Gasteiger partial charge in [0, 0.05) is 31.4 Å². The topological polar surface area (TPSA) is 38.1 Å². The van der Waals surface area contributed by atoms with Crippen LogP contribution >= 0.6 is 0 Å². The minimum absolute atomic E-state index is 0.0951. The number of hydrogen-bond acceptors (Lipinski definition) is 2. The van der Waals surface area contributed by atoms with Crippen LogP contribution in [0, 0.1) is 5.82 Å². The lowest BCUT2D eigenvalue weighted by Gasteiger charge is -2.25. The van der Waals surface area contributed by atoms with Gasteiger partial charge in [0.2, 0.25) is 5.91 Å². The van der Waals surface area contributed by atoms with Gasteiger partial charge in [-0.3, -0.25) is 9.48 Å². The molecule has 0 saturated carbocycles. The number of aromatic nitrogens is 2. The summed E-state index contributed by atoms with van der Waals surface area (Å²) in [7, 11) is 0. The van der Waals surface area contributed by atoms with Gasteiger partial charge < -0.3 is 4.90 Å². The predicted molar refractivity (Wildman–Crippen MR) is 81.8 cm³/mol. The fourth-order valence-corrected chi connectivity index (χ4v) is 3.01. The maximum absolute atomic E-state index is 13.1. The van der Waals surface area contributed by atoms with E-state index >= 15 is 0 Å². The van der Waals surface area contributed by atoms with Gasteiger partial charge in [0.25, 0.3) is 0 Å². The van der Waals surface area contributed by atoms with Crippen molar-refractivity contribution >= 4 is 5.91 Å². The molecule has 1 aromatic heterocycles. The fraction of sp³-hybridized carbons (Fsp3) is 0.412. The number of nitrogens with zero attached hydrogens (tertiary/aromatic N) is 3. The van der Waals surface area contributed by atoms with Gasteiger partial charge in [-0.2, -0.15) is 5.10 Å². The van der Waals surface area contributed by atoms with Crippen LogP contribution < -0.4 is 0 Å². The molecule has 0 aliphatic carbocycles. The zero-order valence-corrected chi connectivity index (χ0v) is 12.5. The molecule has 1 atom stereocenters. The summed E-state index contributed by atoms with van der Waals surface area (Å²) >= 11 is 0. The third kappa shape index (κ3) is 3.53. The van der Waals surface area contributed by atoms with Gasteiger partial charge in [0.1, 0.15) is 12.4 Å². The Kier molecular flexibility index (Phi) is 4.51. The van der Waals surface area contributed by atoms with E-state index in [0.29, 0.717) is 6.54 Å². The zero-order chi connectivity index (χ0) is 15.4. The highest BCUT2D eigenvalue weighted by Gasteiger charge is 2.23. The van der Waals surface area contributed by atoms with Gasteiger partial charge in [-0.15, -0.1) is 0 Å². The monoisotopic (exact) mass is 301 g/mol. The SMILES string of the molecule is O=C(Cn1cccn1)N1CCCCC(c2ccc(F)cc2)C1. The van der Waals surface area contributed by atoms with Crippen LogP contribution in [0.15, 0.2) is 42.7 Å². The lowest BCUT2D eigenvalue weighted by molar-refractivity contribution is -0.132. The Morgan fingerprint density at radius 3 is 2.82 bits per heavy atom. The summed E-state index contributed by atoms with van der Waals surface area (Å²) in [4.78, 5) is 14.4. The number of carbonyl (C=O) groups is 1. The molecule has 22 heavy (non-hydrogen) atoms. The van der Waals surface area contributed by atoms with Crippen LogP contribution in [0.1, 0.15) is 30.7 Å². The van der Waals surface area contributed by atoms with E-state index in [4.69, 9.17) is 0 Å². The molecule has 1 fully saturated rings. The Morgan fingerprint density at radius 1 is 1.27 bits per heavy atom. The first-order valence-electron chi connectivity index (χ1n) is 7.73. The largest absolute Gasteiger partial charge is 0.340 e. The number of benzene rings is 1. The Labute approximate surface area is 129 Å². The first kappa shape index (κ1) is 14.8. The maximum Gasteiger partial charge on any atom is 0.244 e. The van der Waals surface area contributed by atoms with E-state index < -0.39 is 0 Å². The maximum atomic E-state index is 13.1. The number of halogens is 1. The molecule has 0 N–H and O–H groups in total. The molecule has 3 rings (SSSR count). The molecule has 4 nitrogen and oxygen atoms in total. The summed E-state index contributed by atoms with van der Waals surface area (Å²) in [5, 5.41) is 4.09. The highest BCUT2D eigenvalue weighted by atomic mass is 19.1. The summed E-state index contributed by atoms with van der Waals surface area (Å²) in [6.07, 6.45) is 6.62. The minimum atomic E-state index is -0.219. The van der Waals surface area contributed by atoms with Gasteiger partial charge in [-0.25, -0.2) is 4.39 Å². The highest BCUT2D eigenvalue weighted by Crippen LogP contribution is 2.26. The summed E-state index contributed by atoms with van der Waals surface area (Å²) in [6.45, 7) is 1.77. The molecule has 1 aliphatic heterocycles. The molecule has 0 spiro atoms. The molecule has 0 bridgehead atoms. The zero-order valence-electron chi connectivity index (χ0n) is 12.5. The van der Waals surface area contributed by atoms with Crippen molar-refractivity contribution in [2.45, 2.75) is 31.7 Å². The number of amides is 1. The minimum Gasteiger partial charge on any atom is -0.340 e. The Bertz CT molecular complexity index is 609. The molecule has 1 aromatic carbocycles. The highest BCUT2D eigenvalue weighted by molar-refractivity contribution is 5.76. The van der Waals surface area contributed by atoms with Gasteiger partial charge in [-0.1, -0.05) is 18.6 Å². The number of rotatable bonds is 3. The molecule has 2 heterocycles. The van der Waals surface area contributed by atoms with Crippen LogP contribution in [0.3, 0.4) is 0 Å². The Balaban J connectivity index is 1.69. The molecule has 1 aliphatic rings. The van der Waals surface area contributed by atoms with E-state index in [1.165, 1.54) is 12.1 Å². The smallest absolute Gasteiger partial charge is 0.244 e. The van der Waals surface area contributed by atoms with Crippen molar-refractivity contribution in [1.29, 1.82) is 0 Å². The second-order valence-corrected chi connectivity index (χ2v) is 5.79. The molecular weight excluding hydrogens is 281 g/mol. The first-order chi connectivity index (χ1) is 10.7. The molecule has 0 radical (unpaired) electrons. The van der Waals surface area contributed by atoms with Crippen LogP contribution in [0.4, 0.5) is 4.39 Å². The van der Waals surface area contributed by atoms with Crippen LogP contribution in [-0.4, -0.2) is 33.7 Å². The van der Waals surface area contributed by atoms with Crippen LogP contribution in [0.5, 0.6) is 0 Å². The van der Waals surface area contributed by atoms with Crippen LogP contribution in [0.2, 0.25) is 0 Å². The Morgan fingerprint density at radius 2 is 2.09 bits per heavy atom. The van der Waals surface area contributed by atoms with E-state index in [0.717, 1.165) is 31.4 Å². The number of hydrogen-bond donors (Lipinski definition) is 0. The molecule has 2 aromatic rings. The molecule has 1 unspecified atom stereocenters. The second-order valence-electron chi connectivity index (χ2n) is 5.79. The first-order valence-corrected chi connectivity index (χ1v) is 7.73. The average molecular weight is 301 g/mol. The summed E-state index contributed by atoms with van der Waals surface area (Å²) < 4.78 is 14.7. The summed E-state index contributed by atoms with van der Waals surface area (Å²) in [6, 6.07) is 8.48. The van der Waals surface area contributed by atoms with Crippen molar-refractivity contribution in [1.82, 2.24) is 14.7 Å². The third-order valence-corrected chi connectivity index (χ3v) is 4.22. The van der Waals surface area contributed by atoms with E-state index in [-0.39, 0.29) is 24.2 Å². The molecule has 116 valence electrons. The Hall–Kier alpha value is -2.17. The van der Waals surface area contributed by atoms with Gasteiger partial charge in [0.15, 0.2) is 0 Å². The predicted octanol–water partition coefficient (Wildman–Crippen LogP) is 2.82. The van der Waals surface area contributed by atoms with Crippen molar-refractivity contribution in [3.8, 4) is 0 Å². The molecular formula is C17H20FN3O. The van der Waals surface area contributed by atoms with E-state index in [1.807, 2.05) is 23.1 Å². The van der Waals surface area contributed by atoms with Gasteiger partial charge in [-0.05, 0) is 36.6 Å². The lowest BCUT2D eigenvalue weighted by atomic mass is 9.94. The van der Waals surface area contributed by atoms with E-state index in [1.54, 1.807) is 17.1 Å². The average Bonchev–Trinajstić information content (AvgIpc) is 2.90.